The lowest BCUT2D eigenvalue weighted by Gasteiger charge is -2.34. The Morgan fingerprint density at radius 2 is 1.86 bits per heavy atom. The van der Waals surface area contributed by atoms with Gasteiger partial charge in [0.05, 0.1) is 0 Å². The first-order chi connectivity index (χ1) is 9.69. The van der Waals surface area contributed by atoms with Gasteiger partial charge in [-0.05, 0) is 25.5 Å². The van der Waals surface area contributed by atoms with Gasteiger partial charge in [0, 0.05) is 39.1 Å². The molecule has 0 aliphatic carbocycles. The van der Waals surface area contributed by atoms with Crippen molar-refractivity contribution in [3.05, 3.63) is 35.4 Å². The molecule has 2 rings (SSSR count). The van der Waals surface area contributed by atoms with E-state index in [0.29, 0.717) is 13.0 Å². The van der Waals surface area contributed by atoms with Crippen molar-refractivity contribution in [2.75, 3.05) is 32.7 Å². The first-order valence-electron chi connectivity index (χ1n) is 7.45. The third-order valence-electron chi connectivity index (χ3n) is 3.81. The number of aryl methyl sites for hydroxylation is 1. The highest BCUT2D eigenvalue weighted by Gasteiger charge is 2.20. The average molecular weight is 348 g/mol. The Labute approximate surface area is 145 Å². The van der Waals surface area contributed by atoms with Crippen molar-refractivity contribution in [3.63, 3.8) is 0 Å². The minimum absolute atomic E-state index is 0. The molecule has 2 N–H and O–H groups in total. The van der Waals surface area contributed by atoms with Gasteiger partial charge in [-0.25, -0.2) is 0 Å². The van der Waals surface area contributed by atoms with Crippen molar-refractivity contribution in [2.45, 2.75) is 26.3 Å². The number of nitrogens with zero attached hydrogens (tertiary/aromatic N) is 2. The summed E-state index contributed by atoms with van der Waals surface area (Å²) in [5.74, 6) is 0.255. The van der Waals surface area contributed by atoms with Gasteiger partial charge >= 0.3 is 0 Å². The second-order valence-corrected chi connectivity index (χ2v) is 5.54. The Hall–Kier alpha value is -0.810. The van der Waals surface area contributed by atoms with Gasteiger partial charge in [-0.15, -0.1) is 24.8 Å². The largest absolute Gasteiger partial charge is 0.340 e. The van der Waals surface area contributed by atoms with Crippen molar-refractivity contribution in [3.8, 4) is 0 Å². The van der Waals surface area contributed by atoms with E-state index in [-0.39, 0.29) is 30.7 Å². The number of hydrogen-bond donors (Lipinski definition) is 1. The van der Waals surface area contributed by atoms with E-state index in [1.165, 1.54) is 11.1 Å². The fraction of sp³-hybridized carbons (Fsp3) is 0.562. The lowest BCUT2D eigenvalue weighted by molar-refractivity contribution is -0.133. The van der Waals surface area contributed by atoms with Gasteiger partial charge in [-0.2, -0.15) is 0 Å². The molecule has 0 saturated carbocycles. The molecule has 6 heteroatoms. The maximum Gasteiger partial charge on any atom is 0.222 e. The van der Waals surface area contributed by atoms with Crippen LogP contribution >= 0.6 is 24.8 Å². The summed E-state index contributed by atoms with van der Waals surface area (Å²) < 4.78 is 0. The lowest BCUT2D eigenvalue weighted by Crippen LogP contribution is -2.48. The molecule has 0 radical (unpaired) electrons. The van der Waals surface area contributed by atoms with Crippen LogP contribution in [0.4, 0.5) is 0 Å². The zero-order valence-electron chi connectivity index (χ0n) is 13.2. The Bertz CT molecular complexity index is 449. The molecule has 4 nitrogen and oxygen atoms in total. The molecule has 0 atom stereocenters. The molecule has 126 valence electrons. The summed E-state index contributed by atoms with van der Waals surface area (Å²) in [6.07, 6.45) is 1.39. The van der Waals surface area contributed by atoms with Gasteiger partial charge in [0.2, 0.25) is 5.91 Å². The van der Waals surface area contributed by atoms with Crippen molar-refractivity contribution in [1.29, 1.82) is 0 Å². The molecule has 1 fully saturated rings. The van der Waals surface area contributed by atoms with Gasteiger partial charge in [0.1, 0.15) is 0 Å². The van der Waals surface area contributed by atoms with E-state index < -0.39 is 0 Å². The molecule has 0 unspecified atom stereocenters. The maximum atomic E-state index is 11.9. The molecule has 1 aliphatic heterocycles. The molecule has 1 aromatic carbocycles. The molecule has 1 heterocycles. The maximum absolute atomic E-state index is 11.9. The summed E-state index contributed by atoms with van der Waals surface area (Å²) in [5.41, 5.74) is 8.11. The monoisotopic (exact) mass is 347 g/mol. The predicted molar refractivity (Wildman–Crippen MR) is 95.8 cm³/mol. The molecular formula is C16H27Cl2N3O. The van der Waals surface area contributed by atoms with Crippen LogP contribution in [-0.2, 0) is 11.3 Å². The number of carbonyl (C=O) groups is 1. The van der Waals surface area contributed by atoms with Gasteiger partial charge in [-0.1, -0.05) is 29.8 Å². The molecule has 1 aromatic rings. The third-order valence-corrected chi connectivity index (χ3v) is 3.81. The molecule has 1 aliphatic rings. The first kappa shape index (κ1) is 21.2. The number of rotatable bonds is 5. The second-order valence-electron chi connectivity index (χ2n) is 5.54. The topological polar surface area (TPSA) is 49.6 Å². The van der Waals surface area contributed by atoms with Crippen molar-refractivity contribution < 1.29 is 4.79 Å². The van der Waals surface area contributed by atoms with Crippen molar-refractivity contribution >= 4 is 30.7 Å². The number of nitrogens with two attached hydrogens (primary N) is 1. The molecule has 0 bridgehead atoms. The minimum atomic E-state index is 0. The van der Waals surface area contributed by atoms with E-state index in [0.717, 1.165) is 39.1 Å². The van der Waals surface area contributed by atoms with Crippen LogP contribution in [0.2, 0.25) is 0 Å². The fourth-order valence-corrected chi connectivity index (χ4v) is 2.64. The van der Waals surface area contributed by atoms with Crippen LogP contribution in [0.1, 0.15) is 24.0 Å². The van der Waals surface area contributed by atoms with Gasteiger partial charge in [0.25, 0.3) is 0 Å². The van der Waals surface area contributed by atoms with E-state index in [2.05, 4.69) is 36.1 Å². The lowest BCUT2D eigenvalue weighted by atomic mass is 10.1. The van der Waals surface area contributed by atoms with Crippen LogP contribution in [0.25, 0.3) is 0 Å². The summed E-state index contributed by atoms with van der Waals surface area (Å²) in [4.78, 5) is 16.3. The number of piperazine rings is 1. The summed E-state index contributed by atoms with van der Waals surface area (Å²) in [6.45, 7) is 7.30. The number of amides is 1. The minimum Gasteiger partial charge on any atom is -0.340 e. The Morgan fingerprint density at radius 3 is 2.45 bits per heavy atom. The molecular weight excluding hydrogens is 321 g/mol. The zero-order chi connectivity index (χ0) is 14.4. The van der Waals surface area contributed by atoms with E-state index in [1.54, 1.807) is 0 Å². The standard InChI is InChI=1S/C16H25N3O.2ClH/c1-14-4-2-5-15(12-14)13-18-8-10-19(11-9-18)16(20)6-3-7-17;;/h2,4-5,12H,3,6-11,13,17H2,1H3;2*1H. The number of benzene rings is 1. The van der Waals surface area contributed by atoms with E-state index in [1.807, 2.05) is 4.90 Å². The fourth-order valence-electron chi connectivity index (χ4n) is 2.64. The van der Waals surface area contributed by atoms with Crippen LogP contribution in [0, 0.1) is 6.92 Å². The van der Waals surface area contributed by atoms with Crippen LogP contribution in [0.3, 0.4) is 0 Å². The third kappa shape index (κ3) is 6.53. The summed E-state index contributed by atoms with van der Waals surface area (Å²) in [6, 6.07) is 8.64. The van der Waals surface area contributed by atoms with Gasteiger partial charge < -0.3 is 10.6 Å². The van der Waals surface area contributed by atoms with Crippen LogP contribution in [0.15, 0.2) is 24.3 Å². The Morgan fingerprint density at radius 1 is 1.18 bits per heavy atom. The van der Waals surface area contributed by atoms with Crippen molar-refractivity contribution in [2.24, 2.45) is 5.73 Å². The second kappa shape index (κ2) is 10.8. The smallest absolute Gasteiger partial charge is 0.222 e. The Balaban J connectivity index is 0.00000220. The number of carbonyl (C=O) groups excluding carboxylic acids is 1. The first-order valence-corrected chi connectivity index (χ1v) is 7.45. The highest BCUT2D eigenvalue weighted by molar-refractivity contribution is 5.85. The molecule has 1 amide bonds. The quantitative estimate of drug-likeness (QED) is 0.888. The van der Waals surface area contributed by atoms with E-state index >= 15 is 0 Å². The highest BCUT2D eigenvalue weighted by Crippen LogP contribution is 2.11. The summed E-state index contributed by atoms with van der Waals surface area (Å²) in [7, 11) is 0. The molecule has 0 spiro atoms. The summed E-state index contributed by atoms with van der Waals surface area (Å²) in [5, 5.41) is 0. The Kier molecular flexibility index (Phi) is 10.4. The van der Waals surface area contributed by atoms with Gasteiger partial charge in [0.15, 0.2) is 0 Å². The van der Waals surface area contributed by atoms with Crippen LogP contribution in [0.5, 0.6) is 0 Å². The van der Waals surface area contributed by atoms with Crippen molar-refractivity contribution in [1.82, 2.24) is 9.80 Å². The van der Waals surface area contributed by atoms with E-state index in [9.17, 15) is 4.79 Å². The van der Waals surface area contributed by atoms with E-state index in [4.69, 9.17) is 5.73 Å². The SMILES string of the molecule is Cc1cccc(CN2CCN(C(=O)CCCN)CC2)c1.Cl.Cl. The normalized spacial score (nSPS) is 14.9. The number of halogens is 2. The number of hydrogen-bond acceptors (Lipinski definition) is 3. The van der Waals surface area contributed by atoms with Crippen LogP contribution < -0.4 is 5.73 Å². The molecule has 22 heavy (non-hydrogen) atoms. The molecule has 0 aromatic heterocycles. The zero-order valence-corrected chi connectivity index (χ0v) is 14.8. The van der Waals surface area contributed by atoms with Crippen LogP contribution in [-0.4, -0.2) is 48.4 Å². The van der Waals surface area contributed by atoms with Gasteiger partial charge in [-0.3, -0.25) is 9.69 Å². The average Bonchev–Trinajstić information content (AvgIpc) is 2.45. The predicted octanol–water partition coefficient (Wildman–Crippen LogP) is 2.22. The molecule has 1 saturated heterocycles. The summed E-state index contributed by atoms with van der Waals surface area (Å²) >= 11 is 0. The highest BCUT2D eigenvalue weighted by atomic mass is 35.5.